The smallest absolute Gasteiger partial charge is 0.224 e. The zero-order chi connectivity index (χ0) is 15.9. The molecule has 2 aromatic rings. The van der Waals surface area contributed by atoms with Gasteiger partial charge in [0.25, 0.3) is 0 Å². The number of rotatable bonds is 7. The quantitative estimate of drug-likeness (QED) is 0.850. The molecule has 1 aromatic carbocycles. The molecule has 0 aliphatic carbocycles. The molecule has 6 nitrogen and oxygen atoms in total. The van der Waals surface area contributed by atoms with Crippen molar-refractivity contribution < 1.29 is 9.53 Å². The third-order valence-electron chi connectivity index (χ3n) is 3.35. The number of amides is 1. The van der Waals surface area contributed by atoms with Gasteiger partial charge in [0.15, 0.2) is 0 Å². The second-order valence-electron chi connectivity index (χ2n) is 5.44. The highest BCUT2D eigenvalue weighted by molar-refractivity contribution is 5.76. The van der Waals surface area contributed by atoms with Gasteiger partial charge in [-0.15, -0.1) is 0 Å². The Bertz CT molecular complexity index is 595. The molecule has 0 saturated carbocycles. The van der Waals surface area contributed by atoms with Crippen LogP contribution in [0.2, 0.25) is 0 Å². The lowest BCUT2D eigenvalue weighted by Crippen LogP contribution is -2.34. The summed E-state index contributed by atoms with van der Waals surface area (Å²) in [5.74, 6) is 1.69. The number of aryl methyl sites for hydroxylation is 1. The van der Waals surface area contributed by atoms with Crippen LogP contribution < -0.4 is 10.1 Å². The highest BCUT2D eigenvalue weighted by atomic mass is 16.5. The maximum absolute atomic E-state index is 12.1. The zero-order valence-corrected chi connectivity index (χ0v) is 13.2. The summed E-state index contributed by atoms with van der Waals surface area (Å²) in [6.07, 6.45) is 1.80. The third kappa shape index (κ3) is 4.31. The second-order valence-corrected chi connectivity index (χ2v) is 5.44. The summed E-state index contributed by atoms with van der Waals surface area (Å²) in [6, 6.07) is 9.31. The Labute approximate surface area is 130 Å². The number of nitrogens with zero attached hydrogens (tertiary/aromatic N) is 3. The van der Waals surface area contributed by atoms with Crippen LogP contribution in [-0.4, -0.2) is 27.3 Å². The fourth-order valence-corrected chi connectivity index (χ4v) is 2.14. The van der Waals surface area contributed by atoms with Crippen LogP contribution in [0.4, 0.5) is 0 Å². The van der Waals surface area contributed by atoms with Gasteiger partial charge in [-0.05, 0) is 18.1 Å². The fraction of sp³-hybridized carbons (Fsp3) is 0.438. The van der Waals surface area contributed by atoms with Gasteiger partial charge < -0.3 is 10.1 Å². The molecule has 1 N–H and O–H groups in total. The van der Waals surface area contributed by atoms with Gasteiger partial charge >= 0.3 is 0 Å². The van der Waals surface area contributed by atoms with Crippen molar-refractivity contribution in [3.63, 3.8) is 0 Å². The summed E-state index contributed by atoms with van der Waals surface area (Å²) in [4.78, 5) is 16.3. The highest BCUT2D eigenvalue weighted by Gasteiger charge is 2.22. The first-order valence-corrected chi connectivity index (χ1v) is 7.39. The summed E-state index contributed by atoms with van der Waals surface area (Å²) in [7, 11) is 1.82. The Morgan fingerprint density at radius 1 is 1.32 bits per heavy atom. The first-order chi connectivity index (χ1) is 10.6. The first-order valence-electron chi connectivity index (χ1n) is 7.39. The van der Waals surface area contributed by atoms with Crippen molar-refractivity contribution in [2.45, 2.75) is 26.3 Å². The molecule has 0 aliphatic heterocycles. The Morgan fingerprint density at radius 2 is 2.05 bits per heavy atom. The van der Waals surface area contributed by atoms with E-state index >= 15 is 0 Å². The monoisotopic (exact) mass is 302 g/mol. The molecular formula is C16H22N4O2. The molecule has 2 rings (SSSR count). The Hall–Kier alpha value is -2.37. The van der Waals surface area contributed by atoms with Crippen molar-refractivity contribution in [1.82, 2.24) is 20.1 Å². The standard InChI is InChI=1S/C16H22N4O2/c1-12(2)15(16-17-11-18-20(16)3)19-14(21)9-10-22-13-7-5-4-6-8-13/h4-8,11-12,15H,9-10H2,1-3H3,(H,19,21). The molecular weight excluding hydrogens is 280 g/mol. The summed E-state index contributed by atoms with van der Waals surface area (Å²) >= 11 is 0. The van der Waals surface area contributed by atoms with Crippen molar-refractivity contribution in [3.8, 4) is 5.75 Å². The van der Waals surface area contributed by atoms with Gasteiger partial charge in [0.2, 0.25) is 5.91 Å². The Balaban J connectivity index is 1.85. The molecule has 6 heteroatoms. The first kappa shape index (κ1) is 16.0. The predicted octanol–water partition coefficient (Wildman–Crippen LogP) is 2.10. The summed E-state index contributed by atoms with van der Waals surface area (Å²) in [5, 5.41) is 7.06. The van der Waals surface area contributed by atoms with Gasteiger partial charge in [-0.3, -0.25) is 9.48 Å². The van der Waals surface area contributed by atoms with E-state index < -0.39 is 0 Å². The van der Waals surface area contributed by atoms with Crippen LogP contribution in [0.5, 0.6) is 5.75 Å². The molecule has 0 bridgehead atoms. The molecule has 1 unspecified atom stereocenters. The topological polar surface area (TPSA) is 69.0 Å². The molecule has 22 heavy (non-hydrogen) atoms. The van der Waals surface area contributed by atoms with Crippen LogP contribution in [0.1, 0.15) is 32.1 Å². The van der Waals surface area contributed by atoms with Gasteiger partial charge in [0.1, 0.15) is 17.9 Å². The molecule has 1 amide bonds. The number of carbonyl (C=O) groups is 1. The number of hydrogen-bond donors (Lipinski definition) is 1. The zero-order valence-electron chi connectivity index (χ0n) is 13.2. The van der Waals surface area contributed by atoms with Gasteiger partial charge in [0.05, 0.1) is 19.1 Å². The Morgan fingerprint density at radius 3 is 2.64 bits per heavy atom. The number of ether oxygens (including phenoxy) is 1. The normalized spacial score (nSPS) is 12.2. The lowest BCUT2D eigenvalue weighted by Gasteiger charge is -2.21. The van der Waals surface area contributed by atoms with Gasteiger partial charge in [-0.25, -0.2) is 4.98 Å². The van der Waals surface area contributed by atoms with E-state index in [1.54, 1.807) is 4.68 Å². The summed E-state index contributed by atoms with van der Waals surface area (Å²) in [6.45, 7) is 4.43. The lowest BCUT2D eigenvalue weighted by atomic mass is 10.0. The summed E-state index contributed by atoms with van der Waals surface area (Å²) < 4.78 is 7.23. The van der Waals surface area contributed by atoms with Crippen LogP contribution in [-0.2, 0) is 11.8 Å². The molecule has 118 valence electrons. The number of hydrogen-bond acceptors (Lipinski definition) is 4. The molecule has 1 atom stereocenters. The van der Waals surface area contributed by atoms with Crippen LogP contribution in [0.15, 0.2) is 36.7 Å². The van der Waals surface area contributed by atoms with Crippen molar-refractivity contribution in [1.29, 1.82) is 0 Å². The van der Waals surface area contributed by atoms with E-state index in [1.165, 1.54) is 6.33 Å². The molecule has 1 heterocycles. The average Bonchev–Trinajstić information content (AvgIpc) is 2.91. The SMILES string of the molecule is CC(C)C(NC(=O)CCOc1ccccc1)c1ncnn1C. The molecule has 0 radical (unpaired) electrons. The van der Waals surface area contributed by atoms with E-state index in [-0.39, 0.29) is 17.9 Å². The van der Waals surface area contributed by atoms with E-state index in [0.717, 1.165) is 11.6 Å². The minimum absolute atomic E-state index is 0.0577. The molecule has 1 aromatic heterocycles. The van der Waals surface area contributed by atoms with Crippen LogP contribution in [0.3, 0.4) is 0 Å². The van der Waals surface area contributed by atoms with E-state index in [1.807, 2.05) is 51.2 Å². The lowest BCUT2D eigenvalue weighted by molar-refractivity contribution is -0.122. The fourth-order valence-electron chi connectivity index (χ4n) is 2.14. The number of benzene rings is 1. The second kappa shape index (κ2) is 7.59. The van der Waals surface area contributed by atoms with Gasteiger partial charge in [-0.2, -0.15) is 5.10 Å². The molecule has 0 spiro atoms. The predicted molar refractivity (Wildman–Crippen MR) is 83.3 cm³/mol. The van der Waals surface area contributed by atoms with Gasteiger partial charge in [-0.1, -0.05) is 32.0 Å². The average molecular weight is 302 g/mol. The van der Waals surface area contributed by atoms with Crippen LogP contribution in [0.25, 0.3) is 0 Å². The van der Waals surface area contributed by atoms with Gasteiger partial charge in [0, 0.05) is 7.05 Å². The van der Waals surface area contributed by atoms with Crippen LogP contribution in [0, 0.1) is 5.92 Å². The minimum atomic E-state index is -0.156. The van der Waals surface area contributed by atoms with Crippen molar-refractivity contribution in [3.05, 3.63) is 42.5 Å². The minimum Gasteiger partial charge on any atom is -0.493 e. The highest BCUT2D eigenvalue weighted by Crippen LogP contribution is 2.19. The van der Waals surface area contributed by atoms with E-state index in [9.17, 15) is 4.79 Å². The molecule has 0 fully saturated rings. The molecule has 0 saturated heterocycles. The maximum Gasteiger partial charge on any atom is 0.224 e. The largest absolute Gasteiger partial charge is 0.493 e. The summed E-state index contributed by atoms with van der Waals surface area (Å²) in [5.41, 5.74) is 0. The number of nitrogens with one attached hydrogen (secondary N) is 1. The van der Waals surface area contributed by atoms with E-state index in [0.29, 0.717) is 13.0 Å². The van der Waals surface area contributed by atoms with Crippen molar-refractivity contribution >= 4 is 5.91 Å². The number of carbonyl (C=O) groups excluding carboxylic acids is 1. The number of aromatic nitrogens is 3. The van der Waals surface area contributed by atoms with E-state index in [2.05, 4.69) is 15.4 Å². The Kier molecular flexibility index (Phi) is 5.52. The van der Waals surface area contributed by atoms with Crippen molar-refractivity contribution in [2.24, 2.45) is 13.0 Å². The number of para-hydroxylation sites is 1. The molecule has 0 aliphatic rings. The van der Waals surface area contributed by atoms with E-state index in [4.69, 9.17) is 4.74 Å². The van der Waals surface area contributed by atoms with Crippen LogP contribution >= 0.6 is 0 Å². The third-order valence-corrected chi connectivity index (χ3v) is 3.35. The maximum atomic E-state index is 12.1. The van der Waals surface area contributed by atoms with Crippen molar-refractivity contribution in [2.75, 3.05) is 6.61 Å².